The van der Waals surface area contributed by atoms with Gasteiger partial charge in [-0.05, 0) is 44.0 Å². The van der Waals surface area contributed by atoms with Gasteiger partial charge in [0, 0.05) is 34.4 Å². The largest absolute Gasteiger partial charge is 0.389 e. The Morgan fingerprint density at radius 3 is 2.95 bits per heavy atom. The van der Waals surface area contributed by atoms with Gasteiger partial charge in [0.1, 0.15) is 4.99 Å². The highest BCUT2D eigenvalue weighted by atomic mass is 79.9. The molecule has 2 unspecified atom stereocenters. The molecule has 0 aromatic heterocycles. The van der Waals surface area contributed by atoms with Gasteiger partial charge >= 0.3 is 0 Å². The molecule has 0 amide bonds. The summed E-state index contributed by atoms with van der Waals surface area (Å²) in [6.07, 6.45) is 5.19. The third kappa shape index (κ3) is 2.85. The number of hydrogen-bond donors (Lipinski definition) is 2. The first-order valence-electron chi connectivity index (χ1n) is 7.25. The van der Waals surface area contributed by atoms with E-state index in [0.717, 1.165) is 15.7 Å². The molecule has 0 bridgehead atoms. The molecule has 2 aliphatic rings. The molecule has 2 aliphatic heterocycles. The number of nitrogens with one attached hydrogen (secondary N) is 1. The third-order valence-electron chi connectivity index (χ3n) is 4.44. The summed E-state index contributed by atoms with van der Waals surface area (Å²) >= 11 is 8.69. The molecule has 108 valence electrons. The molecule has 0 spiro atoms. The number of thiocarbonyl (C=S) groups is 1. The molecule has 3 nitrogen and oxygen atoms in total. The summed E-state index contributed by atoms with van der Waals surface area (Å²) in [4.78, 5) is 3.08. The van der Waals surface area contributed by atoms with Crippen LogP contribution in [0.2, 0.25) is 0 Å². The average molecular weight is 354 g/mol. The lowest BCUT2D eigenvalue weighted by molar-refractivity contribution is 0.193. The SMILES string of the molecule is NC(=S)c1ccc(Br)cc1NC1CCN2CCCCC12. The van der Waals surface area contributed by atoms with Crippen LogP contribution in [0.4, 0.5) is 5.69 Å². The highest BCUT2D eigenvalue weighted by Crippen LogP contribution is 2.31. The fraction of sp³-hybridized carbons (Fsp3) is 0.533. The Hall–Kier alpha value is -0.650. The van der Waals surface area contributed by atoms with Gasteiger partial charge in [0.15, 0.2) is 0 Å². The molecule has 2 heterocycles. The molecule has 1 aromatic rings. The maximum atomic E-state index is 5.84. The number of fused-ring (bicyclic) bond motifs is 1. The van der Waals surface area contributed by atoms with Crippen LogP contribution in [0.1, 0.15) is 31.2 Å². The monoisotopic (exact) mass is 353 g/mol. The van der Waals surface area contributed by atoms with Crippen molar-refractivity contribution < 1.29 is 0 Å². The number of hydrogen-bond acceptors (Lipinski definition) is 3. The Morgan fingerprint density at radius 1 is 1.30 bits per heavy atom. The predicted octanol–water partition coefficient (Wildman–Crippen LogP) is 3.12. The van der Waals surface area contributed by atoms with E-state index in [1.807, 2.05) is 12.1 Å². The van der Waals surface area contributed by atoms with Crippen LogP contribution in [-0.2, 0) is 0 Å². The van der Waals surface area contributed by atoms with Gasteiger partial charge in [-0.2, -0.15) is 0 Å². The van der Waals surface area contributed by atoms with Crippen molar-refractivity contribution in [1.29, 1.82) is 0 Å². The van der Waals surface area contributed by atoms with Gasteiger partial charge in [0.05, 0.1) is 0 Å². The highest BCUT2D eigenvalue weighted by Gasteiger charge is 2.35. The van der Waals surface area contributed by atoms with Gasteiger partial charge in [-0.15, -0.1) is 0 Å². The molecule has 20 heavy (non-hydrogen) atoms. The van der Waals surface area contributed by atoms with E-state index in [-0.39, 0.29) is 0 Å². The van der Waals surface area contributed by atoms with E-state index in [1.165, 1.54) is 38.8 Å². The molecule has 3 rings (SSSR count). The maximum absolute atomic E-state index is 5.84. The molecule has 5 heteroatoms. The maximum Gasteiger partial charge on any atom is 0.106 e. The van der Waals surface area contributed by atoms with E-state index >= 15 is 0 Å². The van der Waals surface area contributed by atoms with Gasteiger partial charge in [-0.3, -0.25) is 4.90 Å². The molecule has 2 fully saturated rings. The van der Waals surface area contributed by atoms with Gasteiger partial charge in [0.2, 0.25) is 0 Å². The quantitative estimate of drug-likeness (QED) is 0.819. The number of halogens is 1. The zero-order valence-electron chi connectivity index (χ0n) is 11.4. The Bertz CT molecular complexity index is 520. The molecule has 2 atom stereocenters. The number of benzene rings is 1. The summed E-state index contributed by atoms with van der Waals surface area (Å²) < 4.78 is 1.05. The summed E-state index contributed by atoms with van der Waals surface area (Å²) in [5.74, 6) is 0. The number of piperidine rings is 1. The highest BCUT2D eigenvalue weighted by molar-refractivity contribution is 9.10. The van der Waals surface area contributed by atoms with Crippen molar-refractivity contribution in [3.05, 3.63) is 28.2 Å². The van der Waals surface area contributed by atoms with Crippen molar-refractivity contribution in [2.45, 2.75) is 37.8 Å². The second-order valence-corrected chi connectivity index (χ2v) is 7.05. The number of nitrogens with zero attached hydrogens (tertiary/aromatic N) is 1. The van der Waals surface area contributed by atoms with Crippen LogP contribution in [0.15, 0.2) is 22.7 Å². The first-order chi connectivity index (χ1) is 9.65. The smallest absolute Gasteiger partial charge is 0.106 e. The fourth-order valence-electron chi connectivity index (χ4n) is 3.47. The minimum atomic E-state index is 0.457. The second-order valence-electron chi connectivity index (χ2n) is 5.69. The van der Waals surface area contributed by atoms with Crippen molar-refractivity contribution in [3.8, 4) is 0 Å². The Labute approximate surface area is 134 Å². The molecular weight excluding hydrogens is 334 g/mol. The van der Waals surface area contributed by atoms with Crippen molar-refractivity contribution >= 4 is 38.8 Å². The van der Waals surface area contributed by atoms with Gasteiger partial charge in [0.25, 0.3) is 0 Å². The molecule has 2 saturated heterocycles. The van der Waals surface area contributed by atoms with Crippen molar-refractivity contribution in [2.24, 2.45) is 5.73 Å². The Morgan fingerprint density at radius 2 is 2.15 bits per heavy atom. The summed E-state index contributed by atoms with van der Waals surface area (Å²) in [6, 6.07) is 7.24. The van der Waals surface area contributed by atoms with E-state index in [4.69, 9.17) is 18.0 Å². The van der Waals surface area contributed by atoms with Crippen LogP contribution in [-0.4, -0.2) is 35.1 Å². The lowest BCUT2D eigenvalue weighted by Crippen LogP contribution is -2.41. The van der Waals surface area contributed by atoms with E-state index < -0.39 is 0 Å². The Kier molecular flexibility index (Phi) is 4.29. The first kappa shape index (κ1) is 14.3. The van der Waals surface area contributed by atoms with Gasteiger partial charge < -0.3 is 11.1 Å². The van der Waals surface area contributed by atoms with E-state index in [9.17, 15) is 0 Å². The first-order valence-corrected chi connectivity index (χ1v) is 8.45. The molecule has 0 saturated carbocycles. The van der Waals surface area contributed by atoms with Crippen LogP contribution >= 0.6 is 28.1 Å². The second kappa shape index (κ2) is 6.00. The lowest BCUT2D eigenvalue weighted by Gasteiger charge is -2.33. The number of rotatable bonds is 3. The van der Waals surface area contributed by atoms with E-state index in [1.54, 1.807) is 0 Å². The molecule has 0 aliphatic carbocycles. The predicted molar refractivity (Wildman–Crippen MR) is 91.3 cm³/mol. The standard InChI is InChI=1S/C15H20BrN3S/c16-10-4-5-11(15(17)20)13(9-10)18-12-6-8-19-7-2-1-3-14(12)19/h4-5,9,12,14,18H,1-3,6-8H2,(H2,17,20). The van der Waals surface area contributed by atoms with Crippen LogP contribution in [0, 0.1) is 0 Å². The number of nitrogens with two attached hydrogens (primary N) is 1. The van der Waals surface area contributed by atoms with Crippen molar-refractivity contribution in [1.82, 2.24) is 4.90 Å². The molecular formula is C15H20BrN3S. The summed E-state index contributed by atoms with van der Waals surface area (Å²) in [6.45, 7) is 2.46. The van der Waals surface area contributed by atoms with E-state index in [0.29, 0.717) is 17.1 Å². The minimum absolute atomic E-state index is 0.457. The van der Waals surface area contributed by atoms with Gasteiger partial charge in [-0.1, -0.05) is 34.6 Å². The average Bonchev–Trinajstić information content (AvgIpc) is 2.82. The summed E-state index contributed by atoms with van der Waals surface area (Å²) in [5.41, 5.74) is 7.84. The zero-order chi connectivity index (χ0) is 14.1. The van der Waals surface area contributed by atoms with Crippen LogP contribution in [0.3, 0.4) is 0 Å². The van der Waals surface area contributed by atoms with Crippen molar-refractivity contribution in [2.75, 3.05) is 18.4 Å². The zero-order valence-corrected chi connectivity index (χ0v) is 13.8. The third-order valence-corrected chi connectivity index (χ3v) is 5.16. The molecule has 1 aromatic carbocycles. The van der Waals surface area contributed by atoms with Gasteiger partial charge in [-0.25, -0.2) is 0 Å². The summed E-state index contributed by atoms with van der Waals surface area (Å²) in [7, 11) is 0. The molecule has 3 N–H and O–H groups in total. The van der Waals surface area contributed by atoms with Crippen LogP contribution in [0.25, 0.3) is 0 Å². The summed E-state index contributed by atoms with van der Waals surface area (Å²) in [5, 5.41) is 3.69. The fourth-order valence-corrected chi connectivity index (χ4v) is 4.01. The minimum Gasteiger partial charge on any atom is -0.389 e. The van der Waals surface area contributed by atoms with E-state index in [2.05, 4.69) is 32.2 Å². The number of anilines is 1. The molecule has 0 radical (unpaired) electrons. The lowest BCUT2D eigenvalue weighted by atomic mass is 9.98. The van der Waals surface area contributed by atoms with Crippen LogP contribution in [0.5, 0.6) is 0 Å². The van der Waals surface area contributed by atoms with Crippen LogP contribution < -0.4 is 11.1 Å². The van der Waals surface area contributed by atoms with Crippen molar-refractivity contribution in [3.63, 3.8) is 0 Å². The Balaban J connectivity index is 1.80. The topological polar surface area (TPSA) is 41.3 Å². The normalized spacial score (nSPS) is 26.2.